The van der Waals surface area contributed by atoms with Crippen LogP contribution >= 0.6 is 15.9 Å². The highest BCUT2D eigenvalue weighted by Gasteiger charge is 2.35. The Hall–Kier alpha value is -2.76. The van der Waals surface area contributed by atoms with Crippen molar-refractivity contribution in [3.05, 3.63) is 68.9 Å². The van der Waals surface area contributed by atoms with Crippen LogP contribution in [0.15, 0.2) is 62.3 Å². The van der Waals surface area contributed by atoms with E-state index in [2.05, 4.69) is 15.9 Å². The Kier molecular flexibility index (Phi) is 5.35. The molecule has 1 aromatic heterocycles. The third-order valence-corrected chi connectivity index (χ3v) is 7.48. The normalized spacial score (nSPS) is 15.4. The lowest BCUT2D eigenvalue weighted by Gasteiger charge is -2.33. The molecular formula is C19H16BrN3O6S. The average Bonchev–Trinajstić information content (AvgIpc) is 3.19. The summed E-state index contributed by atoms with van der Waals surface area (Å²) in [6.07, 6.45) is 0. The Labute approximate surface area is 180 Å². The van der Waals surface area contributed by atoms with Crippen molar-refractivity contribution in [1.29, 1.82) is 0 Å². The topological polar surface area (TPSA) is 114 Å². The second-order valence-electron chi connectivity index (χ2n) is 6.69. The number of piperazine rings is 1. The molecule has 0 unspecified atom stereocenters. The summed E-state index contributed by atoms with van der Waals surface area (Å²) < 4.78 is 33.4. The standard InChI is InChI=1S/C19H16BrN3O6S/c20-14-5-3-4-13-12-16(29-18(13)14)19(24)21-8-10-22(11-9-21)30(27,28)17-7-2-1-6-15(17)23(25)26/h1-7,12H,8-11H2. The van der Waals surface area contributed by atoms with E-state index < -0.39 is 20.6 Å². The number of benzene rings is 2. The van der Waals surface area contributed by atoms with E-state index in [1.165, 1.54) is 23.1 Å². The van der Waals surface area contributed by atoms with Gasteiger partial charge in [0.2, 0.25) is 10.0 Å². The SMILES string of the molecule is O=C(c1cc2cccc(Br)c2o1)N1CCN(S(=O)(=O)c2ccccc2[N+](=O)[O-])CC1. The number of carbonyl (C=O) groups excluding carboxylic acids is 1. The van der Waals surface area contributed by atoms with Crippen LogP contribution in [-0.2, 0) is 10.0 Å². The fraction of sp³-hybridized carbons (Fsp3) is 0.211. The van der Waals surface area contributed by atoms with Crippen molar-refractivity contribution in [3.63, 3.8) is 0 Å². The molecule has 1 fully saturated rings. The van der Waals surface area contributed by atoms with E-state index in [1.807, 2.05) is 18.2 Å². The van der Waals surface area contributed by atoms with Crippen molar-refractivity contribution >= 4 is 48.5 Å². The van der Waals surface area contributed by atoms with Gasteiger partial charge in [-0.1, -0.05) is 24.3 Å². The van der Waals surface area contributed by atoms with Gasteiger partial charge in [0.25, 0.3) is 11.6 Å². The highest BCUT2D eigenvalue weighted by Crippen LogP contribution is 2.29. The van der Waals surface area contributed by atoms with Gasteiger partial charge in [-0.3, -0.25) is 14.9 Å². The first-order valence-electron chi connectivity index (χ1n) is 9.00. The summed E-state index contributed by atoms with van der Waals surface area (Å²) >= 11 is 3.38. The molecular weight excluding hydrogens is 478 g/mol. The summed E-state index contributed by atoms with van der Waals surface area (Å²) in [5.74, 6) is -0.159. The summed E-state index contributed by atoms with van der Waals surface area (Å²) in [5.41, 5.74) is 0.0994. The van der Waals surface area contributed by atoms with E-state index in [-0.39, 0.29) is 42.7 Å². The van der Waals surface area contributed by atoms with Gasteiger partial charge >= 0.3 is 0 Å². The second kappa shape index (κ2) is 7.82. The van der Waals surface area contributed by atoms with Crippen molar-refractivity contribution in [3.8, 4) is 0 Å². The van der Waals surface area contributed by atoms with Crippen molar-refractivity contribution in [2.24, 2.45) is 0 Å². The fourth-order valence-corrected chi connectivity index (χ4v) is 5.43. The number of nitro benzene ring substituents is 1. The Morgan fingerprint density at radius 3 is 2.43 bits per heavy atom. The van der Waals surface area contributed by atoms with Gasteiger partial charge in [0.15, 0.2) is 10.7 Å². The van der Waals surface area contributed by atoms with Crippen molar-refractivity contribution in [1.82, 2.24) is 9.21 Å². The maximum absolute atomic E-state index is 12.9. The van der Waals surface area contributed by atoms with Gasteiger partial charge in [-0.2, -0.15) is 4.31 Å². The smallest absolute Gasteiger partial charge is 0.289 e. The van der Waals surface area contributed by atoms with E-state index in [1.54, 1.807) is 6.07 Å². The number of rotatable bonds is 4. The zero-order valence-electron chi connectivity index (χ0n) is 15.5. The minimum absolute atomic E-state index is 0.0318. The second-order valence-corrected chi connectivity index (χ2v) is 9.45. The van der Waals surface area contributed by atoms with Crippen molar-refractivity contribution in [2.75, 3.05) is 26.2 Å². The molecule has 9 nitrogen and oxygen atoms in total. The van der Waals surface area contributed by atoms with Crippen LogP contribution in [0.2, 0.25) is 0 Å². The number of sulfonamides is 1. The predicted octanol–water partition coefficient (Wildman–Crippen LogP) is 3.25. The zero-order chi connectivity index (χ0) is 21.5. The Morgan fingerprint density at radius 1 is 1.07 bits per heavy atom. The number of hydrogen-bond acceptors (Lipinski definition) is 6. The van der Waals surface area contributed by atoms with Gasteiger partial charge in [-0.25, -0.2) is 8.42 Å². The first-order valence-corrected chi connectivity index (χ1v) is 11.2. The molecule has 0 radical (unpaired) electrons. The Bertz CT molecular complexity index is 1250. The van der Waals surface area contributed by atoms with E-state index in [0.29, 0.717) is 5.58 Å². The predicted molar refractivity (Wildman–Crippen MR) is 112 cm³/mol. The van der Waals surface area contributed by atoms with Crippen molar-refractivity contribution < 1.29 is 22.6 Å². The molecule has 156 valence electrons. The van der Waals surface area contributed by atoms with E-state index >= 15 is 0 Å². The first kappa shape index (κ1) is 20.5. The number of halogens is 1. The molecule has 0 saturated carbocycles. The molecule has 0 spiro atoms. The van der Waals surface area contributed by atoms with Crippen LogP contribution in [0.1, 0.15) is 10.6 Å². The van der Waals surface area contributed by atoms with Gasteiger partial charge in [0.05, 0.1) is 9.40 Å². The minimum Gasteiger partial charge on any atom is -0.450 e. The van der Waals surface area contributed by atoms with Gasteiger partial charge in [-0.15, -0.1) is 0 Å². The molecule has 0 bridgehead atoms. The van der Waals surface area contributed by atoms with Crippen LogP contribution in [0.3, 0.4) is 0 Å². The van der Waals surface area contributed by atoms with Crippen molar-refractivity contribution in [2.45, 2.75) is 4.90 Å². The maximum atomic E-state index is 12.9. The molecule has 1 saturated heterocycles. The highest BCUT2D eigenvalue weighted by molar-refractivity contribution is 9.10. The number of amides is 1. The average molecular weight is 494 g/mol. The molecule has 2 heterocycles. The fourth-order valence-electron chi connectivity index (χ4n) is 3.39. The number of fused-ring (bicyclic) bond motifs is 1. The quantitative estimate of drug-likeness (QED) is 0.407. The maximum Gasteiger partial charge on any atom is 0.289 e. The first-order chi connectivity index (χ1) is 14.3. The highest BCUT2D eigenvalue weighted by atomic mass is 79.9. The molecule has 0 N–H and O–H groups in total. The van der Waals surface area contributed by atoms with Crippen LogP contribution in [0.5, 0.6) is 0 Å². The summed E-state index contributed by atoms with van der Waals surface area (Å²) in [4.78, 5) is 24.5. The van der Waals surface area contributed by atoms with Crippen LogP contribution in [0.25, 0.3) is 11.0 Å². The van der Waals surface area contributed by atoms with E-state index in [4.69, 9.17) is 4.42 Å². The van der Waals surface area contributed by atoms with Gasteiger partial charge < -0.3 is 9.32 Å². The van der Waals surface area contributed by atoms with E-state index in [9.17, 15) is 23.3 Å². The van der Waals surface area contributed by atoms with Crippen LogP contribution in [0, 0.1) is 10.1 Å². The molecule has 1 aliphatic rings. The minimum atomic E-state index is -4.05. The lowest BCUT2D eigenvalue weighted by Crippen LogP contribution is -2.50. The lowest BCUT2D eigenvalue weighted by atomic mass is 10.2. The number of carbonyl (C=O) groups is 1. The summed E-state index contributed by atoms with van der Waals surface area (Å²) in [7, 11) is -4.05. The molecule has 0 atom stereocenters. The lowest BCUT2D eigenvalue weighted by molar-refractivity contribution is -0.387. The summed E-state index contributed by atoms with van der Waals surface area (Å²) in [5, 5.41) is 12.0. The molecule has 0 aliphatic carbocycles. The van der Waals surface area contributed by atoms with Gasteiger partial charge in [0.1, 0.15) is 5.58 Å². The third-order valence-electron chi connectivity index (χ3n) is 4.91. The molecule has 3 aromatic rings. The summed E-state index contributed by atoms with van der Waals surface area (Å²) in [6, 6.07) is 12.4. The number of nitrogens with zero attached hydrogens (tertiary/aromatic N) is 3. The molecule has 1 aliphatic heterocycles. The van der Waals surface area contributed by atoms with E-state index in [0.717, 1.165) is 20.2 Å². The number of nitro groups is 1. The number of furan rings is 1. The van der Waals surface area contributed by atoms with Crippen LogP contribution in [-0.4, -0.2) is 54.6 Å². The van der Waals surface area contributed by atoms with Crippen LogP contribution in [0.4, 0.5) is 5.69 Å². The zero-order valence-corrected chi connectivity index (χ0v) is 17.9. The summed E-state index contributed by atoms with van der Waals surface area (Å²) in [6.45, 7) is 0.363. The van der Waals surface area contributed by atoms with Crippen LogP contribution < -0.4 is 0 Å². The number of para-hydroxylation sites is 2. The van der Waals surface area contributed by atoms with Gasteiger partial charge in [-0.05, 0) is 34.1 Å². The molecule has 4 rings (SSSR count). The molecule has 2 aromatic carbocycles. The molecule has 30 heavy (non-hydrogen) atoms. The molecule has 1 amide bonds. The Balaban J connectivity index is 1.51. The monoisotopic (exact) mass is 493 g/mol. The molecule has 11 heteroatoms. The van der Waals surface area contributed by atoms with Gasteiger partial charge in [0, 0.05) is 37.6 Å². The number of hydrogen-bond donors (Lipinski definition) is 0. The third kappa shape index (κ3) is 3.59. The largest absolute Gasteiger partial charge is 0.450 e. The Morgan fingerprint density at radius 2 is 1.77 bits per heavy atom.